The summed E-state index contributed by atoms with van der Waals surface area (Å²) < 4.78 is 20.6. The number of aryl methyl sites for hydroxylation is 1. The number of hydrogen-bond acceptors (Lipinski definition) is 3. The Morgan fingerprint density at radius 3 is 2.96 bits per heavy atom. The number of nitrogens with one attached hydrogen (secondary N) is 2. The predicted octanol–water partition coefficient (Wildman–Crippen LogP) is 3.36. The highest BCUT2D eigenvalue weighted by Crippen LogP contribution is 2.21. The Morgan fingerprint density at radius 1 is 1.46 bits per heavy atom. The molecule has 8 heteroatoms. The van der Waals surface area contributed by atoms with E-state index in [0.29, 0.717) is 34.7 Å². The summed E-state index contributed by atoms with van der Waals surface area (Å²) in [6.45, 7) is 3.53. The molecule has 0 atom stereocenters. The highest BCUT2D eigenvalue weighted by atomic mass is 35.5. The lowest BCUT2D eigenvalue weighted by molar-refractivity contribution is 0.196. The number of nitrogens with zero attached hydrogens (tertiary/aromatic N) is 2. The normalized spacial score (nSPS) is 10.7. The molecule has 2 aromatic rings. The zero-order valence-electron chi connectivity index (χ0n) is 13.6. The van der Waals surface area contributed by atoms with Crippen molar-refractivity contribution in [3.63, 3.8) is 0 Å². The average Bonchev–Trinajstić information content (AvgIpc) is 2.87. The van der Waals surface area contributed by atoms with Crippen molar-refractivity contribution in [2.45, 2.75) is 19.9 Å². The van der Waals surface area contributed by atoms with Crippen LogP contribution in [0.1, 0.15) is 17.7 Å². The van der Waals surface area contributed by atoms with Gasteiger partial charge in [-0.05, 0) is 37.7 Å². The molecule has 1 aromatic carbocycles. The molecule has 24 heavy (non-hydrogen) atoms. The van der Waals surface area contributed by atoms with E-state index in [1.165, 1.54) is 6.07 Å². The van der Waals surface area contributed by atoms with Crippen LogP contribution in [0.2, 0.25) is 5.02 Å². The fraction of sp³-hybridized carbons (Fsp3) is 0.375. The van der Waals surface area contributed by atoms with Crippen LogP contribution in [0.5, 0.6) is 0 Å². The molecule has 0 radical (unpaired) electrons. The lowest BCUT2D eigenvalue weighted by atomic mass is 10.2. The number of halogens is 2. The third-order valence-electron chi connectivity index (χ3n) is 3.40. The maximum atomic E-state index is 13.9. The van der Waals surface area contributed by atoms with Gasteiger partial charge in [0.2, 0.25) is 0 Å². The van der Waals surface area contributed by atoms with E-state index in [9.17, 15) is 4.39 Å². The number of methoxy groups -OCH3 is 1. The largest absolute Gasteiger partial charge is 0.385 e. The van der Waals surface area contributed by atoms with Crippen LogP contribution in [0.25, 0.3) is 0 Å². The maximum absolute atomic E-state index is 13.9. The van der Waals surface area contributed by atoms with Crippen molar-refractivity contribution in [1.29, 1.82) is 0 Å². The van der Waals surface area contributed by atoms with Gasteiger partial charge in [0.15, 0.2) is 10.9 Å². The van der Waals surface area contributed by atoms with E-state index in [1.54, 1.807) is 23.9 Å². The summed E-state index contributed by atoms with van der Waals surface area (Å²) in [5, 5.41) is 11.4. The van der Waals surface area contributed by atoms with Gasteiger partial charge in [0.25, 0.3) is 0 Å². The molecule has 0 aliphatic heterocycles. The molecule has 130 valence electrons. The van der Waals surface area contributed by atoms with Gasteiger partial charge in [-0.15, -0.1) is 0 Å². The number of anilines is 1. The average molecular weight is 371 g/mol. The number of thiocarbonyl (C=S) groups is 1. The summed E-state index contributed by atoms with van der Waals surface area (Å²) in [7, 11) is 1.66. The van der Waals surface area contributed by atoms with E-state index in [2.05, 4.69) is 15.7 Å². The van der Waals surface area contributed by atoms with Gasteiger partial charge in [-0.25, -0.2) is 4.39 Å². The van der Waals surface area contributed by atoms with E-state index in [0.717, 1.165) is 12.1 Å². The fourth-order valence-electron chi connectivity index (χ4n) is 2.14. The van der Waals surface area contributed by atoms with Gasteiger partial charge in [-0.2, -0.15) is 5.10 Å². The monoisotopic (exact) mass is 370 g/mol. The molecular weight excluding hydrogens is 351 g/mol. The van der Waals surface area contributed by atoms with E-state index in [4.69, 9.17) is 28.6 Å². The Kier molecular flexibility index (Phi) is 6.96. The summed E-state index contributed by atoms with van der Waals surface area (Å²) in [6, 6.07) is 6.48. The van der Waals surface area contributed by atoms with Crippen molar-refractivity contribution < 1.29 is 9.13 Å². The first-order chi connectivity index (χ1) is 11.5. The van der Waals surface area contributed by atoms with Crippen molar-refractivity contribution in [2.24, 2.45) is 0 Å². The minimum Gasteiger partial charge on any atom is -0.385 e. The molecule has 0 fully saturated rings. The van der Waals surface area contributed by atoms with Crippen molar-refractivity contribution in [1.82, 2.24) is 15.1 Å². The van der Waals surface area contributed by atoms with E-state index in [1.807, 2.05) is 13.0 Å². The quantitative estimate of drug-likeness (QED) is 0.578. The highest BCUT2D eigenvalue weighted by Gasteiger charge is 2.11. The molecule has 0 saturated heterocycles. The van der Waals surface area contributed by atoms with Crippen LogP contribution in [-0.4, -0.2) is 35.2 Å². The Morgan fingerprint density at radius 2 is 2.25 bits per heavy atom. The van der Waals surface area contributed by atoms with Crippen molar-refractivity contribution >= 4 is 34.7 Å². The van der Waals surface area contributed by atoms with Gasteiger partial charge in [-0.3, -0.25) is 4.68 Å². The van der Waals surface area contributed by atoms with Crippen LogP contribution in [0, 0.1) is 12.7 Å². The molecule has 0 bridgehead atoms. The van der Waals surface area contributed by atoms with Crippen LogP contribution < -0.4 is 10.6 Å². The Hall–Kier alpha value is -1.70. The SMILES string of the molecule is COCCCNC(=S)Nc1cc(C)n(Cc2c(F)cccc2Cl)n1. The first-order valence-electron chi connectivity index (χ1n) is 7.52. The number of benzene rings is 1. The van der Waals surface area contributed by atoms with Gasteiger partial charge < -0.3 is 15.4 Å². The Balaban J connectivity index is 1.98. The number of hydrogen-bond donors (Lipinski definition) is 2. The Labute approximate surface area is 151 Å². The van der Waals surface area contributed by atoms with Gasteiger partial charge in [-0.1, -0.05) is 17.7 Å². The maximum Gasteiger partial charge on any atom is 0.171 e. The molecule has 0 spiro atoms. The highest BCUT2D eigenvalue weighted by molar-refractivity contribution is 7.80. The summed E-state index contributed by atoms with van der Waals surface area (Å²) in [5.74, 6) is 0.256. The fourth-order valence-corrected chi connectivity index (χ4v) is 2.57. The molecular formula is C16H20ClFN4OS. The molecule has 0 amide bonds. The zero-order valence-corrected chi connectivity index (χ0v) is 15.2. The predicted molar refractivity (Wildman–Crippen MR) is 98.2 cm³/mol. The second-order valence-electron chi connectivity index (χ2n) is 5.26. The van der Waals surface area contributed by atoms with E-state index in [-0.39, 0.29) is 12.4 Å². The smallest absolute Gasteiger partial charge is 0.171 e. The van der Waals surface area contributed by atoms with E-state index >= 15 is 0 Å². The minimum absolute atomic E-state index is 0.257. The van der Waals surface area contributed by atoms with Crippen LogP contribution in [0.15, 0.2) is 24.3 Å². The zero-order chi connectivity index (χ0) is 17.5. The first kappa shape index (κ1) is 18.6. The molecule has 5 nitrogen and oxygen atoms in total. The van der Waals surface area contributed by atoms with Crippen LogP contribution in [-0.2, 0) is 11.3 Å². The molecule has 0 aliphatic carbocycles. The van der Waals surface area contributed by atoms with Gasteiger partial charge >= 0.3 is 0 Å². The second-order valence-corrected chi connectivity index (χ2v) is 6.07. The van der Waals surface area contributed by atoms with Crippen molar-refractivity contribution in [2.75, 3.05) is 25.6 Å². The number of aromatic nitrogens is 2. The molecule has 1 heterocycles. The summed E-state index contributed by atoms with van der Waals surface area (Å²) in [5.41, 5.74) is 1.29. The molecule has 0 aliphatic rings. The third-order valence-corrected chi connectivity index (χ3v) is 4.00. The molecule has 2 rings (SSSR count). The summed E-state index contributed by atoms with van der Waals surface area (Å²) in [6.07, 6.45) is 0.859. The van der Waals surface area contributed by atoms with Crippen molar-refractivity contribution in [3.05, 3.63) is 46.4 Å². The lowest BCUT2D eigenvalue weighted by Gasteiger charge is -2.09. The van der Waals surface area contributed by atoms with Gasteiger partial charge in [0.1, 0.15) is 5.82 Å². The molecule has 1 aromatic heterocycles. The summed E-state index contributed by atoms with van der Waals surface area (Å²) >= 11 is 11.3. The van der Waals surface area contributed by atoms with Crippen LogP contribution in [0.4, 0.5) is 10.2 Å². The molecule has 2 N–H and O–H groups in total. The van der Waals surface area contributed by atoms with E-state index < -0.39 is 0 Å². The standard InChI is InChI=1S/C16H20ClFN4OS/c1-11-9-15(20-16(24)19-7-4-8-23-2)21-22(11)10-12-13(17)5-3-6-14(12)18/h3,5-6,9H,4,7-8,10H2,1-2H3,(H2,19,20,21,24). The number of ether oxygens (including phenoxy) is 1. The lowest BCUT2D eigenvalue weighted by Crippen LogP contribution is -2.30. The van der Waals surface area contributed by atoms with Gasteiger partial charge in [0, 0.05) is 42.6 Å². The third kappa shape index (κ3) is 5.15. The Bertz CT molecular complexity index is 687. The van der Waals surface area contributed by atoms with Crippen LogP contribution >= 0.6 is 23.8 Å². The topological polar surface area (TPSA) is 51.1 Å². The molecule has 0 saturated carbocycles. The van der Waals surface area contributed by atoms with Crippen LogP contribution in [0.3, 0.4) is 0 Å². The molecule has 0 unspecified atom stereocenters. The van der Waals surface area contributed by atoms with Gasteiger partial charge in [0.05, 0.1) is 6.54 Å². The first-order valence-corrected chi connectivity index (χ1v) is 8.31. The number of rotatable bonds is 7. The van der Waals surface area contributed by atoms with Crippen molar-refractivity contribution in [3.8, 4) is 0 Å². The minimum atomic E-state index is -0.345. The second kappa shape index (κ2) is 8.96. The summed E-state index contributed by atoms with van der Waals surface area (Å²) in [4.78, 5) is 0.